The first-order chi connectivity index (χ1) is 5.60. The Kier molecular flexibility index (Phi) is 2.73. The monoisotopic (exact) mass is 172 g/mol. The van der Waals surface area contributed by atoms with Gasteiger partial charge in [-0.2, -0.15) is 0 Å². The Morgan fingerprint density at radius 1 is 1.58 bits per heavy atom. The van der Waals surface area contributed by atoms with Gasteiger partial charge in [-0.1, -0.05) is 13.3 Å². The van der Waals surface area contributed by atoms with Crippen molar-refractivity contribution in [3.8, 4) is 0 Å². The molecule has 0 spiro atoms. The third-order valence-electron chi connectivity index (χ3n) is 2.74. The topological polar surface area (TPSA) is 57.5 Å². The fourth-order valence-electron chi connectivity index (χ4n) is 1.80. The molecule has 3 nitrogen and oxygen atoms in total. The van der Waals surface area contributed by atoms with Gasteiger partial charge in [-0.15, -0.1) is 0 Å². The normalized spacial score (nSPS) is 22.8. The minimum atomic E-state index is -0.887. The predicted molar refractivity (Wildman–Crippen MR) is 44.8 cm³/mol. The molecule has 1 rings (SSSR count). The maximum atomic E-state index is 10.8. The van der Waals surface area contributed by atoms with Crippen LogP contribution in [-0.4, -0.2) is 21.8 Å². The highest BCUT2D eigenvalue weighted by Crippen LogP contribution is 2.40. The summed E-state index contributed by atoms with van der Waals surface area (Å²) in [5.74, 6) is -1.39. The van der Waals surface area contributed by atoms with Gasteiger partial charge in [0.25, 0.3) is 0 Å². The van der Waals surface area contributed by atoms with Crippen molar-refractivity contribution in [3.05, 3.63) is 0 Å². The smallest absolute Gasteiger partial charge is 0.309 e. The molecule has 1 atom stereocenters. The van der Waals surface area contributed by atoms with Gasteiger partial charge in [0, 0.05) is 0 Å². The Morgan fingerprint density at radius 3 is 2.42 bits per heavy atom. The standard InChI is InChI=1S/C9H16O3/c1-2-4-7(8(10)11)9(12)5-3-6-9/h7,12H,2-6H2,1H3,(H,10,11). The van der Waals surface area contributed by atoms with Crippen LogP contribution in [0.2, 0.25) is 0 Å². The van der Waals surface area contributed by atoms with E-state index in [0.29, 0.717) is 19.3 Å². The summed E-state index contributed by atoms with van der Waals surface area (Å²) < 4.78 is 0. The van der Waals surface area contributed by atoms with Gasteiger partial charge in [0.15, 0.2) is 0 Å². The Bertz CT molecular complexity index is 173. The zero-order valence-electron chi connectivity index (χ0n) is 7.42. The molecule has 2 N–H and O–H groups in total. The number of carboxylic acid groups (broad SMARTS) is 1. The van der Waals surface area contributed by atoms with Crippen molar-refractivity contribution in [1.29, 1.82) is 0 Å². The van der Waals surface area contributed by atoms with Gasteiger partial charge in [-0.25, -0.2) is 0 Å². The van der Waals surface area contributed by atoms with Gasteiger partial charge in [0.1, 0.15) is 0 Å². The minimum absolute atomic E-state index is 0.545. The molecule has 1 aliphatic carbocycles. The zero-order chi connectivity index (χ0) is 9.19. The summed E-state index contributed by atoms with van der Waals surface area (Å²) in [5.41, 5.74) is -0.887. The summed E-state index contributed by atoms with van der Waals surface area (Å²) in [5, 5.41) is 18.6. The highest BCUT2D eigenvalue weighted by atomic mass is 16.4. The second-order valence-corrected chi connectivity index (χ2v) is 3.64. The number of hydrogen-bond donors (Lipinski definition) is 2. The second-order valence-electron chi connectivity index (χ2n) is 3.64. The van der Waals surface area contributed by atoms with E-state index in [0.717, 1.165) is 12.8 Å². The quantitative estimate of drug-likeness (QED) is 0.674. The summed E-state index contributed by atoms with van der Waals surface area (Å²) in [6, 6.07) is 0. The fraction of sp³-hybridized carbons (Fsp3) is 0.889. The summed E-state index contributed by atoms with van der Waals surface area (Å²) in [4.78, 5) is 10.8. The number of carbonyl (C=O) groups is 1. The van der Waals surface area contributed by atoms with Crippen molar-refractivity contribution in [1.82, 2.24) is 0 Å². The predicted octanol–water partition coefficient (Wildman–Crippen LogP) is 1.40. The number of aliphatic carboxylic acids is 1. The van der Waals surface area contributed by atoms with E-state index in [1.807, 2.05) is 6.92 Å². The zero-order valence-corrected chi connectivity index (χ0v) is 7.42. The van der Waals surface area contributed by atoms with Gasteiger partial charge >= 0.3 is 5.97 Å². The second kappa shape index (κ2) is 3.44. The lowest BCUT2D eigenvalue weighted by Crippen LogP contribution is -2.47. The Labute approximate surface area is 72.4 Å². The minimum Gasteiger partial charge on any atom is -0.481 e. The summed E-state index contributed by atoms with van der Waals surface area (Å²) >= 11 is 0. The van der Waals surface area contributed by atoms with Crippen LogP contribution in [0.3, 0.4) is 0 Å². The molecule has 1 aliphatic rings. The van der Waals surface area contributed by atoms with Gasteiger partial charge in [-0.05, 0) is 25.7 Å². The van der Waals surface area contributed by atoms with Crippen LogP contribution >= 0.6 is 0 Å². The third kappa shape index (κ3) is 1.61. The van der Waals surface area contributed by atoms with E-state index >= 15 is 0 Å². The van der Waals surface area contributed by atoms with Crippen LogP contribution in [0.15, 0.2) is 0 Å². The lowest BCUT2D eigenvalue weighted by molar-refractivity contribution is -0.160. The Morgan fingerprint density at radius 2 is 2.17 bits per heavy atom. The molecule has 0 heterocycles. The average molecular weight is 172 g/mol. The molecule has 0 bridgehead atoms. The van der Waals surface area contributed by atoms with Crippen LogP contribution in [0.4, 0.5) is 0 Å². The van der Waals surface area contributed by atoms with E-state index in [4.69, 9.17) is 5.11 Å². The van der Waals surface area contributed by atoms with E-state index in [9.17, 15) is 9.90 Å². The van der Waals surface area contributed by atoms with Gasteiger partial charge < -0.3 is 10.2 Å². The molecule has 0 amide bonds. The lowest BCUT2D eigenvalue weighted by Gasteiger charge is -2.41. The van der Waals surface area contributed by atoms with Gasteiger partial charge in [-0.3, -0.25) is 4.79 Å². The number of hydrogen-bond acceptors (Lipinski definition) is 2. The molecule has 0 aromatic carbocycles. The first kappa shape index (κ1) is 9.52. The number of rotatable bonds is 4. The molecule has 0 saturated heterocycles. The van der Waals surface area contributed by atoms with Crippen molar-refractivity contribution in [2.24, 2.45) is 5.92 Å². The van der Waals surface area contributed by atoms with Crippen LogP contribution in [0.25, 0.3) is 0 Å². The molecular formula is C9H16O3. The van der Waals surface area contributed by atoms with Crippen LogP contribution in [0, 0.1) is 5.92 Å². The van der Waals surface area contributed by atoms with Crippen LogP contribution in [-0.2, 0) is 4.79 Å². The van der Waals surface area contributed by atoms with Crippen LogP contribution < -0.4 is 0 Å². The number of aliphatic hydroxyl groups is 1. The van der Waals surface area contributed by atoms with E-state index in [1.54, 1.807) is 0 Å². The molecule has 0 aliphatic heterocycles. The van der Waals surface area contributed by atoms with Crippen molar-refractivity contribution in [2.75, 3.05) is 0 Å². The maximum Gasteiger partial charge on any atom is 0.309 e. The summed E-state index contributed by atoms with van der Waals surface area (Å²) in [7, 11) is 0. The molecule has 70 valence electrons. The fourth-order valence-corrected chi connectivity index (χ4v) is 1.80. The van der Waals surface area contributed by atoms with Gasteiger partial charge in [0.05, 0.1) is 11.5 Å². The van der Waals surface area contributed by atoms with E-state index in [1.165, 1.54) is 0 Å². The first-order valence-electron chi connectivity index (χ1n) is 4.55. The highest BCUT2D eigenvalue weighted by Gasteiger charge is 2.45. The van der Waals surface area contributed by atoms with Crippen molar-refractivity contribution in [3.63, 3.8) is 0 Å². The van der Waals surface area contributed by atoms with Gasteiger partial charge in [0.2, 0.25) is 0 Å². The average Bonchev–Trinajstić information content (AvgIpc) is 1.95. The summed E-state index contributed by atoms with van der Waals surface area (Å²) in [6.45, 7) is 1.94. The Hall–Kier alpha value is -0.570. The summed E-state index contributed by atoms with van der Waals surface area (Å²) in [6.07, 6.45) is 3.68. The van der Waals surface area contributed by atoms with E-state index in [2.05, 4.69) is 0 Å². The van der Waals surface area contributed by atoms with E-state index in [-0.39, 0.29) is 0 Å². The van der Waals surface area contributed by atoms with E-state index < -0.39 is 17.5 Å². The maximum absolute atomic E-state index is 10.8. The highest BCUT2D eigenvalue weighted by molar-refractivity contribution is 5.71. The lowest BCUT2D eigenvalue weighted by atomic mass is 9.70. The molecule has 1 saturated carbocycles. The Balaban J connectivity index is 2.58. The molecule has 1 unspecified atom stereocenters. The van der Waals surface area contributed by atoms with Crippen LogP contribution in [0.5, 0.6) is 0 Å². The first-order valence-corrected chi connectivity index (χ1v) is 4.55. The van der Waals surface area contributed by atoms with Crippen LogP contribution in [0.1, 0.15) is 39.0 Å². The van der Waals surface area contributed by atoms with Crippen molar-refractivity contribution >= 4 is 5.97 Å². The number of carboxylic acids is 1. The third-order valence-corrected chi connectivity index (χ3v) is 2.74. The van der Waals surface area contributed by atoms with Crippen molar-refractivity contribution in [2.45, 2.75) is 44.6 Å². The SMILES string of the molecule is CCCC(C(=O)O)C1(O)CCC1. The molecule has 0 aromatic rings. The molecule has 12 heavy (non-hydrogen) atoms. The molecule has 0 aromatic heterocycles. The van der Waals surface area contributed by atoms with Crippen molar-refractivity contribution < 1.29 is 15.0 Å². The molecule has 1 fully saturated rings. The molecule has 3 heteroatoms. The molecular weight excluding hydrogens is 156 g/mol. The largest absolute Gasteiger partial charge is 0.481 e. The molecule has 0 radical (unpaired) electrons.